The van der Waals surface area contributed by atoms with Crippen molar-refractivity contribution < 1.29 is 4.79 Å². The van der Waals surface area contributed by atoms with Crippen molar-refractivity contribution in [3.8, 4) is 0 Å². The Morgan fingerprint density at radius 3 is 2.90 bits per heavy atom. The van der Waals surface area contributed by atoms with E-state index in [1.807, 2.05) is 38.5 Å². The van der Waals surface area contributed by atoms with Gasteiger partial charge in [-0.1, -0.05) is 31.6 Å². The third kappa shape index (κ3) is 5.60. The molecule has 3 N–H and O–H groups in total. The summed E-state index contributed by atoms with van der Waals surface area (Å²) in [7, 11) is 3.87. The predicted molar refractivity (Wildman–Crippen MR) is 88.6 cm³/mol. The summed E-state index contributed by atoms with van der Waals surface area (Å²) in [5.74, 6) is 0. The van der Waals surface area contributed by atoms with Crippen molar-refractivity contribution in [1.82, 2.24) is 10.2 Å². The van der Waals surface area contributed by atoms with Gasteiger partial charge in [0.15, 0.2) is 6.29 Å². The van der Waals surface area contributed by atoms with Crippen molar-refractivity contribution in [1.29, 1.82) is 0 Å². The molecule has 1 unspecified atom stereocenters. The number of nitrogens with two attached hydrogens (primary N) is 1. The van der Waals surface area contributed by atoms with Crippen LogP contribution < -0.4 is 11.1 Å². The van der Waals surface area contributed by atoms with Gasteiger partial charge in [0, 0.05) is 43.5 Å². The van der Waals surface area contributed by atoms with E-state index in [1.165, 1.54) is 0 Å². The topological polar surface area (TPSA) is 58.4 Å². The van der Waals surface area contributed by atoms with Gasteiger partial charge in [-0.25, -0.2) is 0 Å². The molecule has 4 heteroatoms. The number of carbonyl (C=O) groups excluding carboxylic acids is 1. The lowest BCUT2D eigenvalue weighted by molar-refractivity contribution is -0.104. The minimum atomic E-state index is 0.178. The van der Waals surface area contributed by atoms with Crippen LogP contribution in [0.5, 0.6) is 0 Å². The number of rotatable bonds is 8. The number of aldehydes is 1. The van der Waals surface area contributed by atoms with Gasteiger partial charge in [0.1, 0.15) is 0 Å². The zero-order valence-corrected chi connectivity index (χ0v) is 13.3. The highest BCUT2D eigenvalue weighted by atomic mass is 16.1. The lowest BCUT2D eigenvalue weighted by Crippen LogP contribution is -2.32. The first-order chi connectivity index (χ1) is 10.1. The van der Waals surface area contributed by atoms with Crippen molar-refractivity contribution in [2.24, 2.45) is 5.73 Å². The molecule has 1 aliphatic carbocycles. The van der Waals surface area contributed by atoms with Crippen LogP contribution in [0.2, 0.25) is 0 Å². The summed E-state index contributed by atoms with van der Waals surface area (Å²) in [5, 5.41) is 3.15. The first kappa shape index (κ1) is 17.2. The highest BCUT2D eigenvalue weighted by Gasteiger charge is 2.09. The van der Waals surface area contributed by atoms with E-state index in [0.29, 0.717) is 5.57 Å². The Bertz CT molecular complexity index is 461. The molecule has 21 heavy (non-hydrogen) atoms. The van der Waals surface area contributed by atoms with Gasteiger partial charge in [-0.3, -0.25) is 4.79 Å². The summed E-state index contributed by atoms with van der Waals surface area (Å²) < 4.78 is 0. The number of nitrogens with zero attached hydrogens (tertiary/aromatic N) is 1. The monoisotopic (exact) mass is 289 g/mol. The van der Waals surface area contributed by atoms with E-state index in [1.54, 1.807) is 0 Å². The molecule has 0 aromatic rings. The molecule has 1 aliphatic rings. The van der Waals surface area contributed by atoms with E-state index in [2.05, 4.69) is 23.2 Å². The average molecular weight is 289 g/mol. The van der Waals surface area contributed by atoms with Gasteiger partial charge in [-0.05, 0) is 25.1 Å². The SMILES string of the molecule is CCCC(N)CN(C)/C=C\C1=C(C=O)C=CCC=C1NC. The van der Waals surface area contributed by atoms with Crippen molar-refractivity contribution in [3.63, 3.8) is 0 Å². The molecule has 1 rings (SSSR count). The molecule has 0 saturated heterocycles. The molecule has 0 aromatic heterocycles. The molecule has 116 valence electrons. The zero-order valence-electron chi connectivity index (χ0n) is 13.3. The minimum absolute atomic E-state index is 0.178. The standard InChI is InChI=1S/C17H27N3O/c1-4-7-15(18)12-20(3)11-10-16-14(13-21)8-5-6-9-17(16)19-2/h5,8-11,13,15,19H,4,6-7,12,18H2,1-3H3/b11-10-. The second kappa shape index (κ2) is 9.19. The lowest BCUT2D eigenvalue weighted by atomic mass is 10.1. The van der Waals surface area contributed by atoms with Crippen molar-refractivity contribution in [3.05, 3.63) is 47.3 Å². The zero-order chi connectivity index (χ0) is 15.7. The maximum Gasteiger partial charge on any atom is 0.150 e. The molecule has 4 nitrogen and oxygen atoms in total. The Hall–Kier alpha value is -1.81. The smallest absolute Gasteiger partial charge is 0.150 e. The van der Waals surface area contributed by atoms with E-state index in [0.717, 1.165) is 43.4 Å². The number of likely N-dealkylation sites (N-methyl/N-ethyl adjacent to an activating group) is 2. The minimum Gasteiger partial charge on any atom is -0.388 e. The van der Waals surface area contributed by atoms with Gasteiger partial charge < -0.3 is 16.0 Å². The van der Waals surface area contributed by atoms with Crippen LogP contribution in [0.15, 0.2) is 47.3 Å². The summed E-state index contributed by atoms with van der Waals surface area (Å²) in [6, 6.07) is 0.178. The molecule has 0 aromatic carbocycles. The van der Waals surface area contributed by atoms with Gasteiger partial charge in [0.2, 0.25) is 0 Å². The van der Waals surface area contributed by atoms with Crippen LogP contribution in [0, 0.1) is 0 Å². The maximum atomic E-state index is 11.3. The highest BCUT2D eigenvalue weighted by molar-refractivity contribution is 5.82. The van der Waals surface area contributed by atoms with E-state index in [4.69, 9.17) is 5.73 Å². The van der Waals surface area contributed by atoms with Crippen LogP contribution in [-0.2, 0) is 4.79 Å². The fourth-order valence-electron chi connectivity index (χ4n) is 2.36. The fraction of sp³-hybridized carbons (Fsp3) is 0.471. The van der Waals surface area contributed by atoms with E-state index in [-0.39, 0.29) is 6.04 Å². The number of hydrogen-bond acceptors (Lipinski definition) is 4. The second-order valence-electron chi connectivity index (χ2n) is 5.30. The first-order valence-electron chi connectivity index (χ1n) is 7.50. The van der Waals surface area contributed by atoms with Gasteiger partial charge in [-0.2, -0.15) is 0 Å². The number of carbonyl (C=O) groups is 1. The number of allylic oxidation sites excluding steroid dienone is 5. The van der Waals surface area contributed by atoms with Gasteiger partial charge in [0.05, 0.1) is 0 Å². The van der Waals surface area contributed by atoms with Gasteiger partial charge in [0.25, 0.3) is 0 Å². The van der Waals surface area contributed by atoms with Crippen LogP contribution in [0.3, 0.4) is 0 Å². The van der Waals surface area contributed by atoms with E-state index in [9.17, 15) is 4.79 Å². The molecule has 1 atom stereocenters. The Labute approximate surface area is 128 Å². The van der Waals surface area contributed by atoms with Crippen LogP contribution in [0.4, 0.5) is 0 Å². The Morgan fingerprint density at radius 2 is 2.29 bits per heavy atom. The van der Waals surface area contributed by atoms with Gasteiger partial charge >= 0.3 is 0 Å². The highest BCUT2D eigenvalue weighted by Crippen LogP contribution is 2.18. The predicted octanol–water partition coefficient (Wildman–Crippen LogP) is 2.12. The normalized spacial score (nSPS) is 16.7. The van der Waals surface area contributed by atoms with Crippen molar-refractivity contribution in [2.75, 3.05) is 20.6 Å². The molecule has 0 saturated carbocycles. The molecular weight excluding hydrogens is 262 g/mol. The second-order valence-corrected chi connectivity index (χ2v) is 5.30. The molecule has 0 fully saturated rings. The Balaban J connectivity index is 2.85. The summed E-state index contributed by atoms with van der Waals surface area (Å²) in [5.41, 5.74) is 8.63. The molecule has 0 spiro atoms. The Morgan fingerprint density at radius 1 is 1.52 bits per heavy atom. The molecule has 0 aliphatic heterocycles. The maximum absolute atomic E-state index is 11.3. The van der Waals surface area contributed by atoms with Crippen LogP contribution in [-0.4, -0.2) is 37.9 Å². The summed E-state index contributed by atoms with van der Waals surface area (Å²) in [4.78, 5) is 13.3. The third-order valence-electron chi connectivity index (χ3n) is 3.43. The summed E-state index contributed by atoms with van der Waals surface area (Å²) in [6.45, 7) is 2.95. The lowest BCUT2D eigenvalue weighted by Gasteiger charge is -2.19. The van der Waals surface area contributed by atoms with Gasteiger partial charge in [-0.15, -0.1) is 0 Å². The van der Waals surface area contributed by atoms with Crippen molar-refractivity contribution in [2.45, 2.75) is 32.2 Å². The molecule has 0 heterocycles. The number of nitrogens with one attached hydrogen (secondary N) is 1. The fourth-order valence-corrected chi connectivity index (χ4v) is 2.36. The first-order valence-corrected chi connectivity index (χ1v) is 7.50. The van der Waals surface area contributed by atoms with E-state index < -0.39 is 0 Å². The van der Waals surface area contributed by atoms with Crippen LogP contribution in [0.1, 0.15) is 26.2 Å². The summed E-state index contributed by atoms with van der Waals surface area (Å²) in [6.07, 6.45) is 13.7. The number of hydrogen-bond donors (Lipinski definition) is 2. The van der Waals surface area contributed by atoms with E-state index >= 15 is 0 Å². The van der Waals surface area contributed by atoms with Crippen molar-refractivity contribution >= 4 is 6.29 Å². The molecule has 0 amide bonds. The average Bonchev–Trinajstić information content (AvgIpc) is 2.66. The molecule has 0 bridgehead atoms. The quantitative estimate of drug-likeness (QED) is 0.672. The largest absolute Gasteiger partial charge is 0.388 e. The van der Waals surface area contributed by atoms with Crippen LogP contribution in [0.25, 0.3) is 0 Å². The molecular formula is C17H27N3O. The van der Waals surface area contributed by atoms with Crippen LogP contribution >= 0.6 is 0 Å². The summed E-state index contributed by atoms with van der Waals surface area (Å²) >= 11 is 0. The molecule has 0 radical (unpaired) electrons. The Kier molecular flexibility index (Phi) is 7.54. The third-order valence-corrected chi connectivity index (χ3v) is 3.43.